The SMILES string of the molecule is CCCNC(=NC)NCC1CN(C)CCN1C. The number of hydrogen-bond donors (Lipinski definition) is 2. The van der Waals surface area contributed by atoms with Crippen LogP contribution in [0.25, 0.3) is 0 Å². The van der Waals surface area contributed by atoms with E-state index in [1.165, 1.54) is 0 Å². The molecule has 1 aliphatic rings. The first-order valence-electron chi connectivity index (χ1n) is 6.50. The molecule has 1 unspecified atom stereocenters. The normalized spacial score (nSPS) is 23.8. The first kappa shape index (κ1) is 14.3. The van der Waals surface area contributed by atoms with E-state index < -0.39 is 0 Å². The van der Waals surface area contributed by atoms with Crippen molar-refractivity contribution in [1.82, 2.24) is 20.4 Å². The molecule has 0 spiro atoms. The molecule has 2 N–H and O–H groups in total. The minimum absolute atomic E-state index is 0.564. The van der Waals surface area contributed by atoms with Gasteiger partial charge in [-0.3, -0.25) is 9.89 Å². The number of aliphatic imine (C=N–C) groups is 1. The van der Waals surface area contributed by atoms with Gasteiger partial charge in [-0.25, -0.2) is 0 Å². The molecule has 1 saturated heterocycles. The summed E-state index contributed by atoms with van der Waals surface area (Å²) < 4.78 is 0. The third-order valence-corrected chi connectivity index (χ3v) is 3.25. The highest BCUT2D eigenvalue weighted by Gasteiger charge is 2.21. The molecule has 1 aliphatic heterocycles. The highest BCUT2D eigenvalue weighted by molar-refractivity contribution is 5.79. The van der Waals surface area contributed by atoms with Crippen molar-refractivity contribution in [1.29, 1.82) is 0 Å². The van der Waals surface area contributed by atoms with Gasteiger partial charge in [-0.1, -0.05) is 6.92 Å². The van der Waals surface area contributed by atoms with Gasteiger partial charge in [-0.2, -0.15) is 0 Å². The van der Waals surface area contributed by atoms with Crippen LogP contribution in [0.2, 0.25) is 0 Å². The van der Waals surface area contributed by atoms with E-state index in [1.54, 1.807) is 0 Å². The summed E-state index contributed by atoms with van der Waals surface area (Å²) in [5.74, 6) is 0.911. The zero-order valence-electron chi connectivity index (χ0n) is 11.7. The van der Waals surface area contributed by atoms with Crippen molar-refractivity contribution in [3.05, 3.63) is 0 Å². The zero-order chi connectivity index (χ0) is 12.7. The van der Waals surface area contributed by atoms with Crippen molar-refractivity contribution in [3.8, 4) is 0 Å². The smallest absolute Gasteiger partial charge is 0.191 e. The first-order valence-corrected chi connectivity index (χ1v) is 6.50. The lowest BCUT2D eigenvalue weighted by Gasteiger charge is -2.37. The van der Waals surface area contributed by atoms with Crippen molar-refractivity contribution in [2.75, 3.05) is 53.9 Å². The van der Waals surface area contributed by atoms with Crippen LogP contribution in [-0.4, -0.2) is 75.7 Å². The Labute approximate surface area is 105 Å². The van der Waals surface area contributed by atoms with Crippen LogP contribution in [0.5, 0.6) is 0 Å². The fourth-order valence-electron chi connectivity index (χ4n) is 2.00. The van der Waals surface area contributed by atoms with E-state index in [4.69, 9.17) is 0 Å². The topological polar surface area (TPSA) is 42.9 Å². The molecule has 0 radical (unpaired) electrons. The molecule has 100 valence electrons. The largest absolute Gasteiger partial charge is 0.356 e. The number of piperazine rings is 1. The summed E-state index contributed by atoms with van der Waals surface area (Å²) in [6, 6.07) is 0.564. The second kappa shape index (κ2) is 7.50. The van der Waals surface area contributed by atoms with Gasteiger partial charge in [-0.15, -0.1) is 0 Å². The molecule has 1 rings (SSSR count). The molecule has 1 fully saturated rings. The maximum Gasteiger partial charge on any atom is 0.191 e. The Hall–Kier alpha value is -0.810. The Kier molecular flexibility index (Phi) is 6.29. The molecule has 0 aromatic rings. The van der Waals surface area contributed by atoms with E-state index >= 15 is 0 Å². The molecule has 0 saturated carbocycles. The van der Waals surface area contributed by atoms with Crippen LogP contribution in [0.4, 0.5) is 0 Å². The van der Waals surface area contributed by atoms with Gasteiger partial charge >= 0.3 is 0 Å². The summed E-state index contributed by atoms with van der Waals surface area (Å²) in [6.07, 6.45) is 1.12. The van der Waals surface area contributed by atoms with Crippen LogP contribution in [0.1, 0.15) is 13.3 Å². The maximum atomic E-state index is 4.22. The van der Waals surface area contributed by atoms with Gasteiger partial charge in [-0.05, 0) is 20.5 Å². The first-order chi connectivity index (χ1) is 8.17. The molecule has 1 heterocycles. The van der Waals surface area contributed by atoms with Crippen LogP contribution in [-0.2, 0) is 0 Å². The second-order valence-electron chi connectivity index (χ2n) is 4.78. The predicted octanol–water partition coefficient (Wildman–Crippen LogP) is -0.193. The summed E-state index contributed by atoms with van der Waals surface area (Å²) in [7, 11) is 6.20. The summed E-state index contributed by atoms with van der Waals surface area (Å²) in [6.45, 7) is 7.50. The fraction of sp³-hybridized carbons (Fsp3) is 0.917. The molecule has 0 bridgehead atoms. The molecule has 0 aromatic carbocycles. The van der Waals surface area contributed by atoms with Gasteiger partial charge in [0.15, 0.2) is 5.96 Å². The van der Waals surface area contributed by atoms with Gasteiger partial charge < -0.3 is 15.5 Å². The molecular weight excluding hydrogens is 214 g/mol. The molecule has 5 heteroatoms. The Morgan fingerprint density at radius 2 is 2.06 bits per heavy atom. The van der Waals surface area contributed by atoms with Gasteiger partial charge in [0.05, 0.1) is 0 Å². The van der Waals surface area contributed by atoms with Crippen LogP contribution >= 0.6 is 0 Å². The van der Waals surface area contributed by atoms with E-state index in [0.29, 0.717) is 6.04 Å². The number of guanidine groups is 1. The van der Waals surface area contributed by atoms with Gasteiger partial charge in [0.1, 0.15) is 0 Å². The van der Waals surface area contributed by atoms with Gasteiger partial charge in [0.25, 0.3) is 0 Å². The summed E-state index contributed by atoms with van der Waals surface area (Å²) >= 11 is 0. The lowest BCUT2D eigenvalue weighted by atomic mass is 10.2. The van der Waals surface area contributed by atoms with Crippen LogP contribution in [0.15, 0.2) is 4.99 Å². The third kappa shape index (κ3) is 4.91. The van der Waals surface area contributed by atoms with Crippen LogP contribution < -0.4 is 10.6 Å². The summed E-state index contributed by atoms with van der Waals surface area (Å²) in [4.78, 5) is 9.02. The van der Waals surface area contributed by atoms with Crippen molar-refractivity contribution >= 4 is 5.96 Å². The standard InChI is InChI=1S/C12H27N5/c1-5-6-14-12(13-2)15-9-11-10-16(3)7-8-17(11)4/h11H,5-10H2,1-4H3,(H2,13,14,15). The number of rotatable bonds is 4. The number of nitrogens with one attached hydrogen (secondary N) is 2. The zero-order valence-corrected chi connectivity index (χ0v) is 11.7. The quantitative estimate of drug-likeness (QED) is 0.529. The van der Waals surface area contributed by atoms with Gasteiger partial charge in [0, 0.05) is 45.8 Å². The molecule has 0 aromatic heterocycles. The van der Waals surface area contributed by atoms with E-state index in [1.807, 2.05) is 7.05 Å². The average molecular weight is 241 g/mol. The number of hydrogen-bond acceptors (Lipinski definition) is 3. The van der Waals surface area contributed by atoms with E-state index in [2.05, 4.69) is 46.4 Å². The van der Waals surface area contributed by atoms with Crippen molar-refractivity contribution in [2.45, 2.75) is 19.4 Å². The molecular formula is C12H27N5. The minimum Gasteiger partial charge on any atom is -0.356 e. The highest BCUT2D eigenvalue weighted by Crippen LogP contribution is 2.04. The average Bonchev–Trinajstić information content (AvgIpc) is 2.33. The van der Waals surface area contributed by atoms with Gasteiger partial charge in [0.2, 0.25) is 0 Å². The molecule has 0 aliphatic carbocycles. The van der Waals surface area contributed by atoms with Crippen molar-refractivity contribution < 1.29 is 0 Å². The van der Waals surface area contributed by atoms with E-state index in [0.717, 1.165) is 45.1 Å². The molecule has 5 nitrogen and oxygen atoms in total. The Morgan fingerprint density at radius 3 is 2.71 bits per heavy atom. The lowest BCUT2D eigenvalue weighted by molar-refractivity contribution is 0.116. The molecule has 1 atom stereocenters. The fourth-order valence-corrected chi connectivity index (χ4v) is 2.00. The van der Waals surface area contributed by atoms with Crippen molar-refractivity contribution in [2.24, 2.45) is 4.99 Å². The van der Waals surface area contributed by atoms with Crippen LogP contribution in [0, 0.1) is 0 Å². The second-order valence-corrected chi connectivity index (χ2v) is 4.78. The van der Waals surface area contributed by atoms with E-state index in [9.17, 15) is 0 Å². The lowest BCUT2D eigenvalue weighted by Crippen LogP contribution is -2.55. The summed E-state index contributed by atoms with van der Waals surface area (Å²) in [5, 5.41) is 6.69. The highest BCUT2D eigenvalue weighted by atomic mass is 15.3. The molecule has 0 amide bonds. The minimum atomic E-state index is 0.564. The maximum absolute atomic E-state index is 4.22. The Balaban J connectivity index is 2.32. The summed E-state index contributed by atoms with van der Waals surface area (Å²) in [5.41, 5.74) is 0. The Morgan fingerprint density at radius 1 is 1.29 bits per heavy atom. The monoisotopic (exact) mass is 241 g/mol. The number of nitrogens with zero attached hydrogens (tertiary/aromatic N) is 3. The number of likely N-dealkylation sites (N-methyl/N-ethyl adjacent to an activating group) is 2. The van der Waals surface area contributed by atoms with E-state index in [-0.39, 0.29) is 0 Å². The predicted molar refractivity (Wildman–Crippen MR) is 73.6 cm³/mol. The van der Waals surface area contributed by atoms with Crippen LogP contribution in [0.3, 0.4) is 0 Å². The Bertz CT molecular complexity index is 241. The van der Waals surface area contributed by atoms with Crippen molar-refractivity contribution in [3.63, 3.8) is 0 Å². The molecule has 17 heavy (non-hydrogen) atoms. The third-order valence-electron chi connectivity index (χ3n) is 3.25.